The van der Waals surface area contributed by atoms with Crippen molar-refractivity contribution in [3.63, 3.8) is 0 Å². The summed E-state index contributed by atoms with van der Waals surface area (Å²) in [5.74, 6) is 0.759. The van der Waals surface area contributed by atoms with E-state index in [2.05, 4.69) is 15.6 Å². The number of rotatable bonds is 11. The number of benzene rings is 3. The number of hydrogen-bond donors (Lipinski definition) is 4. The highest BCUT2D eigenvalue weighted by Gasteiger charge is 2.21. The minimum absolute atomic E-state index is 0.0170. The molecule has 7 nitrogen and oxygen atoms in total. The standard InChI is InChI=1S/C27H29N3O4/c31-22-9-11-24(12-10-22)34-18-23(32)17-28-14-13-19-5-7-21(8-6-19)30-27(33)15-20-16-29-26-4-2-1-3-25(20)26/h1-12,16,20,23,28,31-32H,13-15,17-18H2,(H,30,33)/t20?,23-/m0/s1. The zero-order valence-electron chi connectivity index (χ0n) is 18.9. The van der Waals surface area contributed by atoms with Gasteiger partial charge in [-0.25, -0.2) is 0 Å². The molecule has 0 aliphatic carbocycles. The fraction of sp³-hybridized carbons (Fsp3) is 0.259. The van der Waals surface area contributed by atoms with E-state index >= 15 is 0 Å². The van der Waals surface area contributed by atoms with Crippen molar-refractivity contribution in [2.24, 2.45) is 4.99 Å². The number of phenolic OH excluding ortho intramolecular Hbond substituents is 1. The number of nitrogens with zero attached hydrogens (tertiary/aromatic N) is 1. The highest BCUT2D eigenvalue weighted by atomic mass is 16.5. The van der Waals surface area contributed by atoms with Gasteiger partial charge < -0.3 is 25.6 Å². The average molecular weight is 460 g/mol. The molecule has 1 heterocycles. The second-order valence-corrected chi connectivity index (χ2v) is 8.31. The molecule has 0 fully saturated rings. The number of carbonyl (C=O) groups excluding carboxylic acids is 1. The van der Waals surface area contributed by atoms with Crippen molar-refractivity contribution in [3.8, 4) is 11.5 Å². The van der Waals surface area contributed by atoms with Crippen LogP contribution in [0, 0.1) is 0 Å². The summed E-state index contributed by atoms with van der Waals surface area (Å²) in [5, 5.41) is 25.5. The maximum Gasteiger partial charge on any atom is 0.225 e. The van der Waals surface area contributed by atoms with Gasteiger partial charge in [0, 0.05) is 30.8 Å². The van der Waals surface area contributed by atoms with Gasteiger partial charge in [0.15, 0.2) is 0 Å². The number of aliphatic hydroxyl groups excluding tert-OH is 1. The van der Waals surface area contributed by atoms with Crippen molar-refractivity contribution in [1.82, 2.24) is 5.32 Å². The zero-order valence-corrected chi connectivity index (χ0v) is 18.9. The van der Waals surface area contributed by atoms with Crippen LogP contribution in [0.2, 0.25) is 0 Å². The molecule has 4 rings (SSSR count). The van der Waals surface area contributed by atoms with E-state index in [0.29, 0.717) is 25.3 Å². The Balaban J connectivity index is 1.13. The number of fused-ring (bicyclic) bond motifs is 1. The first-order valence-corrected chi connectivity index (χ1v) is 11.4. The SMILES string of the molecule is O=C(CC1C=Nc2ccccc21)Nc1ccc(CCNC[C@H](O)COc2ccc(O)cc2)cc1. The lowest BCUT2D eigenvalue weighted by Crippen LogP contribution is -2.32. The van der Waals surface area contributed by atoms with Crippen LogP contribution in [0.1, 0.15) is 23.5 Å². The van der Waals surface area contributed by atoms with Gasteiger partial charge >= 0.3 is 0 Å². The molecule has 2 atom stereocenters. The van der Waals surface area contributed by atoms with Gasteiger partial charge in [-0.1, -0.05) is 30.3 Å². The monoisotopic (exact) mass is 459 g/mol. The lowest BCUT2D eigenvalue weighted by atomic mass is 9.97. The minimum Gasteiger partial charge on any atom is -0.508 e. The Labute approximate surface area is 199 Å². The molecule has 1 amide bonds. The van der Waals surface area contributed by atoms with Crippen LogP contribution in [0.4, 0.5) is 11.4 Å². The Bertz CT molecular complexity index is 1110. The normalized spacial score (nSPS) is 15.0. The van der Waals surface area contributed by atoms with Gasteiger partial charge in [-0.3, -0.25) is 9.79 Å². The quantitative estimate of drug-likeness (QED) is 0.327. The summed E-state index contributed by atoms with van der Waals surface area (Å²) >= 11 is 0. The summed E-state index contributed by atoms with van der Waals surface area (Å²) in [5.41, 5.74) is 3.94. The van der Waals surface area contributed by atoms with Gasteiger partial charge in [0.1, 0.15) is 24.2 Å². The van der Waals surface area contributed by atoms with Gasteiger partial charge in [-0.2, -0.15) is 0 Å². The Morgan fingerprint density at radius 1 is 1.03 bits per heavy atom. The van der Waals surface area contributed by atoms with Crippen LogP contribution in [0.25, 0.3) is 0 Å². The predicted octanol–water partition coefficient (Wildman–Crippen LogP) is 3.79. The van der Waals surface area contributed by atoms with E-state index in [9.17, 15) is 15.0 Å². The molecule has 0 spiro atoms. The summed E-state index contributed by atoms with van der Waals surface area (Å²) in [6.07, 6.45) is 2.37. The van der Waals surface area contributed by atoms with Gasteiger partial charge in [0.05, 0.1) is 5.69 Å². The third-order valence-electron chi connectivity index (χ3n) is 5.62. The van der Waals surface area contributed by atoms with E-state index in [1.165, 1.54) is 0 Å². The topological polar surface area (TPSA) is 103 Å². The molecule has 0 radical (unpaired) electrons. The first-order valence-electron chi connectivity index (χ1n) is 11.4. The molecule has 0 bridgehead atoms. The average Bonchev–Trinajstić information content (AvgIpc) is 3.25. The molecule has 1 unspecified atom stereocenters. The fourth-order valence-electron chi connectivity index (χ4n) is 3.79. The second kappa shape index (κ2) is 11.4. The second-order valence-electron chi connectivity index (χ2n) is 8.31. The van der Waals surface area contributed by atoms with Crippen molar-refractivity contribution in [1.29, 1.82) is 0 Å². The summed E-state index contributed by atoms with van der Waals surface area (Å²) in [7, 11) is 0. The fourth-order valence-corrected chi connectivity index (χ4v) is 3.79. The van der Waals surface area contributed by atoms with Crippen LogP contribution >= 0.6 is 0 Å². The van der Waals surface area contributed by atoms with Crippen LogP contribution in [-0.4, -0.2) is 48.1 Å². The number of phenols is 1. The largest absolute Gasteiger partial charge is 0.508 e. The number of amides is 1. The van der Waals surface area contributed by atoms with Crippen LogP contribution < -0.4 is 15.4 Å². The van der Waals surface area contributed by atoms with Crippen LogP contribution in [0.3, 0.4) is 0 Å². The lowest BCUT2D eigenvalue weighted by Gasteiger charge is -2.13. The number of aliphatic hydroxyl groups is 1. The first kappa shape index (κ1) is 23.5. The van der Waals surface area contributed by atoms with Crippen LogP contribution in [0.5, 0.6) is 11.5 Å². The number of aromatic hydroxyl groups is 1. The number of nitrogens with one attached hydrogen (secondary N) is 2. The van der Waals surface area contributed by atoms with E-state index < -0.39 is 6.10 Å². The van der Waals surface area contributed by atoms with Gasteiger partial charge in [-0.05, 0) is 66.6 Å². The number of anilines is 1. The highest BCUT2D eigenvalue weighted by Crippen LogP contribution is 2.33. The van der Waals surface area contributed by atoms with E-state index in [4.69, 9.17) is 4.74 Å². The maximum absolute atomic E-state index is 12.5. The minimum atomic E-state index is -0.636. The molecule has 3 aromatic rings. The Kier molecular flexibility index (Phi) is 7.91. The molecule has 1 aliphatic heterocycles. The number of hydrogen-bond acceptors (Lipinski definition) is 6. The highest BCUT2D eigenvalue weighted by molar-refractivity contribution is 5.95. The van der Waals surface area contributed by atoms with E-state index in [1.807, 2.05) is 54.7 Å². The smallest absolute Gasteiger partial charge is 0.225 e. The third-order valence-corrected chi connectivity index (χ3v) is 5.62. The predicted molar refractivity (Wildman–Crippen MR) is 133 cm³/mol. The Hall–Kier alpha value is -3.68. The zero-order chi connectivity index (χ0) is 23.8. The van der Waals surface area contributed by atoms with Gasteiger partial charge in [0.2, 0.25) is 5.91 Å². The van der Waals surface area contributed by atoms with Crippen LogP contribution in [-0.2, 0) is 11.2 Å². The molecule has 1 aliphatic rings. The van der Waals surface area contributed by atoms with Crippen molar-refractivity contribution in [2.45, 2.75) is 24.9 Å². The number of aliphatic imine (C=N–C) groups is 1. The summed E-state index contributed by atoms with van der Waals surface area (Å²) in [6, 6.07) is 22.1. The number of ether oxygens (including phenoxy) is 1. The number of carbonyl (C=O) groups is 1. The molecule has 0 saturated heterocycles. The molecular formula is C27H29N3O4. The maximum atomic E-state index is 12.5. The van der Waals surface area contributed by atoms with Crippen molar-refractivity contribution >= 4 is 23.5 Å². The van der Waals surface area contributed by atoms with E-state index in [0.717, 1.165) is 28.9 Å². The summed E-state index contributed by atoms with van der Waals surface area (Å²) in [6.45, 7) is 1.30. The van der Waals surface area contributed by atoms with Gasteiger partial charge in [0.25, 0.3) is 0 Å². The van der Waals surface area contributed by atoms with Crippen molar-refractivity contribution in [3.05, 3.63) is 83.9 Å². The van der Waals surface area contributed by atoms with Crippen LogP contribution in [0.15, 0.2) is 77.8 Å². The Morgan fingerprint density at radius 3 is 2.59 bits per heavy atom. The molecule has 7 heteroatoms. The van der Waals surface area contributed by atoms with Crippen molar-refractivity contribution < 1.29 is 19.7 Å². The van der Waals surface area contributed by atoms with Crippen molar-refractivity contribution in [2.75, 3.05) is 25.0 Å². The molecule has 3 aromatic carbocycles. The molecule has 176 valence electrons. The molecule has 0 aromatic heterocycles. The lowest BCUT2D eigenvalue weighted by molar-refractivity contribution is -0.116. The molecule has 4 N–H and O–H groups in total. The van der Waals surface area contributed by atoms with Gasteiger partial charge in [-0.15, -0.1) is 0 Å². The molecule has 0 saturated carbocycles. The number of para-hydroxylation sites is 1. The summed E-state index contributed by atoms with van der Waals surface area (Å²) < 4.78 is 5.50. The molecule has 34 heavy (non-hydrogen) atoms. The molecular weight excluding hydrogens is 430 g/mol. The van der Waals surface area contributed by atoms with E-state index in [-0.39, 0.29) is 24.2 Å². The Morgan fingerprint density at radius 2 is 1.79 bits per heavy atom. The summed E-state index contributed by atoms with van der Waals surface area (Å²) in [4.78, 5) is 16.9. The third kappa shape index (κ3) is 6.66. The first-order chi connectivity index (χ1) is 16.6. The van der Waals surface area contributed by atoms with E-state index in [1.54, 1.807) is 24.3 Å².